The van der Waals surface area contributed by atoms with E-state index in [1.54, 1.807) is 0 Å². The summed E-state index contributed by atoms with van der Waals surface area (Å²) in [5.74, 6) is 1.97. The van der Waals surface area contributed by atoms with Crippen molar-refractivity contribution in [1.29, 1.82) is 0 Å². The maximum atomic E-state index is 2.61. The van der Waals surface area contributed by atoms with E-state index < -0.39 is 0 Å². The van der Waals surface area contributed by atoms with Crippen LogP contribution in [0.3, 0.4) is 0 Å². The molecule has 0 aromatic carbocycles. The molecule has 2 aliphatic rings. The van der Waals surface area contributed by atoms with Crippen molar-refractivity contribution in [2.45, 2.75) is 74.1 Å². The molecule has 1 spiro atoms. The van der Waals surface area contributed by atoms with E-state index in [0.29, 0.717) is 0 Å². The summed E-state index contributed by atoms with van der Waals surface area (Å²) in [4.78, 5) is 2.61. The molecule has 0 atom stereocenters. The molecule has 0 aromatic heterocycles. The Bertz CT molecular complexity index is 182. The molecule has 0 N–H and O–H groups in total. The minimum atomic E-state index is 0.792. The summed E-state index contributed by atoms with van der Waals surface area (Å²) in [6.07, 6.45) is 6.01. The van der Waals surface area contributed by atoms with Gasteiger partial charge in [0.1, 0.15) is 0 Å². The van der Waals surface area contributed by atoms with Gasteiger partial charge in [0, 0.05) is 0 Å². The van der Waals surface area contributed by atoms with Gasteiger partial charge in [0.15, 0.2) is 0 Å². The lowest BCUT2D eigenvalue weighted by molar-refractivity contribution is -0.0296. The minimum Gasteiger partial charge on any atom is -0.304 e. The van der Waals surface area contributed by atoms with Crippen LogP contribution in [0, 0.1) is 17.3 Å². The van der Waals surface area contributed by atoms with Gasteiger partial charge in [-0.05, 0) is 62.6 Å². The topological polar surface area (TPSA) is 3.24 Å². The normalized spacial score (nSPS) is 22.7. The third kappa shape index (κ3) is 4.57. The molecule has 0 aromatic rings. The zero-order valence-electron chi connectivity index (χ0n) is 14.1. The molecule has 110 valence electrons. The molecule has 1 nitrogen and oxygen atoms in total. The Morgan fingerprint density at radius 3 is 1.78 bits per heavy atom. The Labute approximate surface area is 116 Å². The third-order valence-electron chi connectivity index (χ3n) is 4.70. The molecule has 0 unspecified atom stereocenters. The first-order valence-corrected chi connectivity index (χ1v) is 8.37. The van der Waals surface area contributed by atoms with Crippen molar-refractivity contribution in [2.75, 3.05) is 19.6 Å². The van der Waals surface area contributed by atoms with Gasteiger partial charge in [-0.25, -0.2) is 0 Å². The van der Waals surface area contributed by atoms with E-state index >= 15 is 0 Å². The molecule has 0 amide bonds. The lowest BCUT2D eigenvalue weighted by Crippen LogP contribution is -2.48. The van der Waals surface area contributed by atoms with Crippen molar-refractivity contribution < 1.29 is 0 Å². The fourth-order valence-electron chi connectivity index (χ4n) is 3.28. The average molecular weight is 255 g/mol. The molecular weight excluding hydrogens is 218 g/mol. The highest BCUT2D eigenvalue weighted by Crippen LogP contribution is 2.54. The summed E-state index contributed by atoms with van der Waals surface area (Å²) in [5.41, 5.74) is 0.792. The number of hydrogen-bond donors (Lipinski definition) is 0. The van der Waals surface area contributed by atoms with Gasteiger partial charge in [-0.2, -0.15) is 0 Å². The molecule has 1 saturated heterocycles. The summed E-state index contributed by atoms with van der Waals surface area (Å²) in [6.45, 7) is 19.0. The van der Waals surface area contributed by atoms with E-state index in [-0.39, 0.29) is 0 Å². The van der Waals surface area contributed by atoms with Crippen LogP contribution in [-0.4, -0.2) is 24.5 Å². The Morgan fingerprint density at radius 1 is 1.00 bits per heavy atom. The van der Waals surface area contributed by atoms with Gasteiger partial charge in [-0.3, -0.25) is 0 Å². The number of nitrogens with zero attached hydrogens (tertiary/aromatic N) is 1. The molecule has 1 heterocycles. The first-order chi connectivity index (χ1) is 8.65. The second-order valence-electron chi connectivity index (χ2n) is 5.85. The quantitative estimate of drug-likeness (QED) is 0.655. The first kappa shape index (κ1) is 18.0. The van der Waals surface area contributed by atoms with E-state index in [9.17, 15) is 0 Å². The van der Waals surface area contributed by atoms with Crippen LogP contribution in [0.1, 0.15) is 74.1 Å². The Morgan fingerprint density at radius 2 is 1.44 bits per heavy atom. The van der Waals surface area contributed by atoms with Gasteiger partial charge < -0.3 is 4.90 Å². The highest BCUT2D eigenvalue weighted by molar-refractivity contribution is 4.97. The Balaban J connectivity index is 0.000000659. The fourth-order valence-corrected chi connectivity index (χ4v) is 3.28. The highest BCUT2D eigenvalue weighted by Gasteiger charge is 2.46. The molecule has 1 aliphatic carbocycles. The molecule has 0 radical (unpaired) electrons. The van der Waals surface area contributed by atoms with Crippen LogP contribution in [0.15, 0.2) is 0 Å². The summed E-state index contributed by atoms with van der Waals surface area (Å²) in [6, 6.07) is 0. The zero-order chi connectivity index (χ0) is 14.2. The van der Waals surface area contributed by atoms with Crippen LogP contribution in [0.4, 0.5) is 0 Å². The molecule has 2 rings (SSSR count). The van der Waals surface area contributed by atoms with Gasteiger partial charge in [-0.1, -0.05) is 48.5 Å². The van der Waals surface area contributed by atoms with E-state index in [0.717, 1.165) is 17.3 Å². The molecule has 1 aliphatic heterocycles. The zero-order valence-corrected chi connectivity index (χ0v) is 14.1. The second-order valence-corrected chi connectivity index (χ2v) is 5.85. The van der Waals surface area contributed by atoms with Crippen molar-refractivity contribution in [1.82, 2.24) is 4.90 Å². The lowest BCUT2D eigenvalue weighted by Gasteiger charge is -2.53. The summed E-state index contributed by atoms with van der Waals surface area (Å²) < 4.78 is 0. The Hall–Kier alpha value is -0.0400. The Kier molecular flexibility index (Phi) is 8.94. The summed E-state index contributed by atoms with van der Waals surface area (Å²) >= 11 is 0. The first-order valence-electron chi connectivity index (χ1n) is 8.37. The van der Waals surface area contributed by atoms with Crippen molar-refractivity contribution in [2.24, 2.45) is 17.3 Å². The van der Waals surface area contributed by atoms with Gasteiger partial charge in [0.25, 0.3) is 0 Å². The van der Waals surface area contributed by atoms with Crippen LogP contribution >= 0.6 is 0 Å². The standard InChI is InChI=1S/C13H25N.2C2H6/c1-4-14-7-5-13(6-8-14)9-12(10-13)11(2)3;2*1-2/h11-12H,4-10H2,1-3H3;2*1-2H3. The fraction of sp³-hybridized carbons (Fsp3) is 1.00. The molecule has 0 bridgehead atoms. The smallest absolute Gasteiger partial charge is 0.00135 e. The van der Waals surface area contributed by atoms with Crippen molar-refractivity contribution in [3.05, 3.63) is 0 Å². The molecule has 2 fully saturated rings. The van der Waals surface area contributed by atoms with Gasteiger partial charge in [-0.15, -0.1) is 0 Å². The predicted octanol–water partition coefficient (Wildman–Crippen LogP) is 5.21. The number of rotatable bonds is 2. The number of likely N-dealkylation sites (tertiary alicyclic amines) is 1. The van der Waals surface area contributed by atoms with Gasteiger partial charge in [0.05, 0.1) is 0 Å². The van der Waals surface area contributed by atoms with E-state index in [4.69, 9.17) is 0 Å². The second kappa shape index (κ2) is 8.96. The predicted molar refractivity (Wildman–Crippen MR) is 84.0 cm³/mol. The van der Waals surface area contributed by atoms with E-state index in [1.165, 1.54) is 45.3 Å². The van der Waals surface area contributed by atoms with Crippen molar-refractivity contribution in [3.63, 3.8) is 0 Å². The van der Waals surface area contributed by atoms with Crippen LogP contribution in [-0.2, 0) is 0 Å². The minimum absolute atomic E-state index is 0.792. The highest BCUT2D eigenvalue weighted by atomic mass is 15.1. The van der Waals surface area contributed by atoms with Gasteiger partial charge >= 0.3 is 0 Å². The monoisotopic (exact) mass is 255 g/mol. The van der Waals surface area contributed by atoms with Gasteiger partial charge in [0.2, 0.25) is 0 Å². The number of piperidine rings is 1. The molecule has 18 heavy (non-hydrogen) atoms. The molecule has 1 heteroatoms. The maximum Gasteiger partial charge on any atom is -0.00135 e. The van der Waals surface area contributed by atoms with Crippen LogP contribution in [0.5, 0.6) is 0 Å². The van der Waals surface area contributed by atoms with Crippen LogP contribution in [0.25, 0.3) is 0 Å². The van der Waals surface area contributed by atoms with E-state index in [2.05, 4.69) is 25.7 Å². The molecular formula is C17H37N. The van der Waals surface area contributed by atoms with Crippen molar-refractivity contribution in [3.8, 4) is 0 Å². The summed E-state index contributed by atoms with van der Waals surface area (Å²) in [5, 5.41) is 0. The SMILES string of the molecule is CC.CC.CCN1CCC2(CC1)CC(C(C)C)C2. The lowest BCUT2D eigenvalue weighted by atomic mass is 9.55. The maximum absolute atomic E-state index is 2.61. The van der Waals surface area contributed by atoms with Crippen LogP contribution in [0.2, 0.25) is 0 Å². The van der Waals surface area contributed by atoms with Crippen LogP contribution < -0.4 is 0 Å². The van der Waals surface area contributed by atoms with E-state index in [1.807, 2.05) is 27.7 Å². The molecule has 1 saturated carbocycles. The van der Waals surface area contributed by atoms with Crippen molar-refractivity contribution >= 4 is 0 Å². The average Bonchev–Trinajstić information content (AvgIpc) is 2.40. The summed E-state index contributed by atoms with van der Waals surface area (Å²) in [7, 11) is 0. The largest absolute Gasteiger partial charge is 0.304 e. The number of hydrogen-bond acceptors (Lipinski definition) is 1. The third-order valence-corrected chi connectivity index (χ3v) is 4.70.